The van der Waals surface area contributed by atoms with Crippen LogP contribution in [0.2, 0.25) is 0 Å². The van der Waals surface area contributed by atoms with E-state index >= 15 is 0 Å². The van der Waals surface area contributed by atoms with E-state index in [4.69, 9.17) is 9.47 Å². The van der Waals surface area contributed by atoms with Gasteiger partial charge in [-0.05, 0) is 12.1 Å². The van der Waals surface area contributed by atoms with Crippen molar-refractivity contribution in [2.24, 2.45) is 0 Å². The van der Waals surface area contributed by atoms with Crippen LogP contribution in [0.5, 0.6) is 0 Å². The van der Waals surface area contributed by atoms with Crippen LogP contribution in [0, 0.1) is 0 Å². The Morgan fingerprint density at radius 2 is 1.79 bits per heavy atom. The molecular weight excluding hydrogens is 242 g/mol. The lowest BCUT2D eigenvalue weighted by atomic mass is 10.0. The Morgan fingerprint density at radius 3 is 2.42 bits per heavy atom. The lowest BCUT2D eigenvalue weighted by Gasteiger charge is -2.09. The molecule has 1 aliphatic rings. The molecule has 1 saturated heterocycles. The van der Waals surface area contributed by atoms with Crippen LogP contribution in [0.4, 0.5) is 0 Å². The van der Waals surface area contributed by atoms with Gasteiger partial charge in [0.15, 0.2) is 12.1 Å². The van der Waals surface area contributed by atoms with Crippen LogP contribution < -0.4 is 0 Å². The van der Waals surface area contributed by atoms with Crippen molar-refractivity contribution in [3.63, 3.8) is 0 Å². The fraction of sp³-hybridized carbons (Fsp3) is 0.200. The van der Waals surface area contributed by atoms with Gasteiger partial charge in [-0.2, -0.15) is 0 Å². The maximum atomic E-state index is 12.2. The van der Waals surface area contributed by atoms with Crippen LogP contribution >= 0.6 is 0 Å². The Hall–Kier alpha value is -2.04. The van der Waals surface area contributed by atoms with Crippen molar-refractivity contribution in [2.75, 3.05) is 13.2 Å². The summed E-state index contributed by atoms with van der Waals surface area (Å²) >= 11 is 0. The van der Waals surface area contributed by atoms with Gasteiger partial charge in [0.1, 0.15) is 0 Å². The maximum absolute atomic E-state index is 12.2. The summed E-state index contributed by atoms with van der Waals surface area (Å²) in [7, 11) is 0. The molecule has 96 valence electrons. The van der Waals surface area contributed by atoms with E-state index in [9.17, 15) is 4.79 Å². The number of pyridine rings is 1. The largest absolute Gasteiger partial charge is 0.346 e. The Morgan fingerprint density at radius 1 is 1.05 bits per heavy atom. The van der Waals surface area contributed by atoms with E-state index in [2.05, 4.69) is 4.98 Å². The summed E-state index contributed by atoms with van der Waals surface area (Å²) in [4.78, 5) is 16.1. The molecule has 1 aromatic carbocycles. The molecule has 0 radical (unpaired) electrons. The average molecular weight is 255 g/mol. The summed E-state index contributed by atoms with van der Waals surface area (Å²) in [6.07, 6.45) is 2.91. The standard InChI is InChI=1S/C15H13NO3/c17-14(13-2-1-7-16-10-13)11-3-5-12(6-4-11)15-18-8-9-19-15/h1-7,10,15H,8-9H2. The van der Waals surface area contributed by atoms with Gasteiger partial charge in [0.05, 0.1) is 13.2 Å². The molecule has 0 atom stereocenters. The minimum absolute atomic E-state index is 0.0343. The van der Waals surface area contributed by atoms with E-state index in [-0.39, 0.29) is 12.1 Å². The zero-order valence-electron chi connectivity index (χ0n) is 10.3. The third kappa shape index (κ3) is 2.54. The van der Waals surface area contributed by atoms with Crippen molar-refractivity contribution >= 4 is 5.78 Å². The molecule has 1 aliphatic heterocycles. The number of aromatic nitrogens is 1. The van der Waals surface area contributed by atoms with Gasteiger partial charge in [-0.25, -0.2) is 0 Å². The Bertz CT molecular complexity index is 560. The first-order chi connectivity index (χ1) is 9.34. The quantitative estimate of drug-likeness (QED) is 0.790. The topological polar surface area (TPSA) is 48.4 Å². The molecule has 2 heterocycles. The molecule has 0 saturated carbocycles. The number of rotatable bonds is 3. The molecule has 0 aliphatic carbocycles. The van der Waals surface area contributed by atoms with Gasteiger partial charge in [-0.1, -0.05) is 24.3 Å². The summed E-state index contributed by atoms with van der Waals surface area (Å²) in [6.45, 7) is 1.22. The second-order valence-corrected chi connectivity index (χ2v) is 4.27. The highest BCUT2D eigenvalue weighted by Gasteiger charge is 2.18. The summed E-state index contributed by atoms with van der Waals surface area (Å²) in [5.74, 6) is -0.0343. The summed E-state index contributed by atoms with van der Waals surface area (Å²) in [6, 6.07) is 10.8. The zero-order chi connectivity index (χ0) is 13.1. The van der Waals surface area contributed by atoms with Crippen LogP contribution in [-0.4, -0.2) is 24.0 Å². The number of ether oxygens (including phenoxy) is 2. The highest BCUT2D eigenvalue weighted by atomic mass is 16.7. The smallest absolute Gasteiger partial charge is 0.194 e. The van der Waals surface area contributed by atoms with Crippen LogP contribution in [-0.2, 0) is 9.47 Å². The minimum atomic E-state index is -0.303. The van der Waals surface area contributed by atoms with Crippen molar-refractivity contribution in [1.29, 1.82) is 0 Å². The predicted molar refractivity (Wildman–Crippen MR) is 68.8 cm³/mol. The van der Waals surface area contributed by atoms with Gasteiger partial charge in [-0.3, -0.25) is 9.78 Å². The minimum Gasteiger partial charge on any atom is -0.346 e. The van der Waals surface area contributed by atoms with Gasteiger partial charge in [0.2, 0.25) is 0 Å². The van der Waals surface area contributed by atoms with Crippen molar-refractivity contribution < 1.29 is 14.3 Å². The lowest BCUT2D eigenvalue weighted by molar-refractivity contribution is -0.0441. The number of ketones is 1. The first kappa shape index (κ1) is 12.0. The molecule has 0 spiro atoms. The number of hydrogen-bond acceptors (Lipinski definition) is 4. The Balaban J connectivity index is 1.80. The molecule has 2 aromatic rings. The zero-order valence-corrected chi connectivity index (χ0v) is 10.3. The summed E-state index contributed by atoms with van der Waals surface area (Å²) in [5.41, 5.74) is 2.15. The number of nitrogens with zero attached hydrogens (tertiary/aromatic N) is 1. The van der Waals surface area contributed by atoms with Crippen LogP contribution in [0.25, 0.3) is 0 Å². The van der Waals surface area contributed by atoms with Crippen LogP contribution in [0.3, 0.4) is 0 Å². The first-order valence-electron chi connectivity index (χ1n) is 6.12. The molecule has 0 amide bonds. The second kappa shape index (κ2) is 5.30. The molecule has 3 rings (SSSR count). The number of carbonyl (C=O) groups excluding carboxylic acids is 1. The SMILES string of the molecule is O=C(c1ccc(C2OCCO2)cc1)c1cccnc1. The third-order valence-corrected chi connectivity index (χ3v) is 2.99. The second-order valence-electron chi connectivity index (χ2n) is 4.27. The van der Waals surface area contributed by atoms with E-state index < -0.39 is 0 Å². The fourth-order valence-electron chi connectivity index (χ4n) is 2.01. The van der Waals surface area contributed by atoms with Gasteiger partial charge in [0, 0.05) is 29.1 Å². The number of carbonyl (C=O) groups is 1. The van der Waals surface area contributed by atoms with Crippen molar-refractivity contribution in [2.45, 2.75) is 6.29 Å². The molecule has 4 nitrogen and oxygen atoms in total. The summed E-state index contributed by atoms with van der Waals surface area (Å²) in [5, 5.41) is 0. The van der Waals surface area contributed by atoms with Gasteiger partial charge in [0.25, 0.3) is 0 Å². The van der Waals surface area contributed by atoms with Crippen molar-refractivity contribution in [3.8, 4) is 0 Å². The molecule has 0 bridgehead atoms. The average Bonchev–Trinajstić information content (AvgIpc) is 3.02. The van der Waals surface area contributed by atoms with Gasteiger partial charge >= 0.3 is 0 Å². The molecule has 0 N–H and O–H groups in total. The normalized spacial score (nSPS) is 15.6. The van der Waals surface area contributed by atoms with Crippen LogP contribution in [0.15, 0.2) is 48.8 Å². The highest BCUT2D eigenvalue weighted by Crippen LogP contribution is 2.23. The van der Waals surface area contributed by atoms with E-state index in [1.165, 1.54) is 0 Å². The maximum Gasteiger partial charge on any atom is 0.194 e. The summed E-state index contributed by atoms with van der Waals surface area (Å²) < 4.78 is 10.8. The van der Waals surface area contributed by atoms with E-state index in [0.29, 0.717) is 24.3 Å². The molecular formula is C15H13NO3. The third-order valence-electron chi connectivity index (χ3n) is 2.99. The lowest BCUT2D eigenvalue weighted by Crippen LogP contribution is -2.03. The Labute approximate surface area is 111 Å². The fourth-order valence-corrected chi connectivity index (χ4v) is 2.01. The monoisotopic (exact) mass is 255 g/mol. The van der Waals surface area contributed by atoms with Gasteiger partial charge < -0.3 is 9.47 Å². The molecule has 0 unspecified atom stereocenters. The first-order valence-corrected chi connectivity index (χ1v) is 6.12. The molecule has 1 aromatic heterocycles. The Kier molecular flexibility index (Phi) is 3.35. The van der Waals surface area contributed by atoms with E-state index in [1.54, 1.807) is 36.7 Å². The molecule has 19 heavy (non-hydrogen) atoms. The van der Waals surface area contributed by atoms with Crippen molar-refractivity contribution in [3.05, 3.63) is 65.5 Å². The van der Waals surface area contributed by atoms with E-state index in [0.717, 1.165) is 5.56 Å². The predicted octanol–water partition coefficient (Wildman–Crippen LogP) is 2.36. The van der Waals surface area contributed by atoms with Gasteiger partial charge in [-0.15, -0.1) is 0 Å². The number of hydrogen-bond donors (Lipinski definition) is 0. The van der Waals surface area contributed by atoms with Crippen molar-refractivity contribution in [1.82, 2.24) is 4.98 Å². The number of benzene rings is 1. The highest BCUT2D eigenvalue weighted by molar-refractivity contribution is 6.08. The molecule has 1 fully saturated rings. The van der Waals surface area contributed by atoms with Crippen LogP contribution in [0.1, 0.15) is 27.8 Å². The van der Waals surface area contributed by atoms with E-state index in [1.807, 2.05) is 12.1 Å². The molecule has 4 heteroatoms.